The number of nitrogens with zero attached hydrogens (tertiary/aromatic N) is 5. The van der Waals surface area contributed by atoms with Crippen molar-refractivity contribution in [2.75, 3.05) is 14.2 Å². The molecule has 0 saturated heterocycles. The average molecular weight is 409 g/mol. The molecule has 7 nitrogen and oxygen atoms in total. The maximum absolute atomic E-state index is 5.24. The van der Waals surface area contributed by atoms with Crippen LogP contribution in [-0.4, -0.2) is 53.0 Å². The largest absolute Gasteiger partial charge is 0.372 e. The van der Waals surface area contributed by atoms with Gasteiger partial charge in [-0.25, -0.2) is 15.4 Å². The summed E-state index contributed by atoms with van der Waals surface area (Å²) in [5, 5.41) is 10.0. The summed E-state index contributed by atoms with van der Waals surface area (Å²) >= 11 is 4.31. The Balaban J connectivity index is 0.000000283. The molecule has 0 bridgehead atoms. The second-order valence-corrected chi connectivity index (χ2v) is 8.39. The van der Waals surface area contributed by atoms with Gasteiger partial charge in [-0.2, -0.15) is 17.7 Å². The minimum Gasteiger partial charge on any atom is -0.372 e. The Morgan fingerprint density at radius 2 is 1.89 bits per heavy atom. The van der Waals surface area contributed by atoms with Gasteiger partial charge in [0.25, 0.3) is 0 Å². The highest BCUT2D eigenvalue weighted by Gasteiger charge is 2.33. The molecule has 1 fully saturated rings. The van der Waals surface area contributed by atoms with E-state index in [0.29, 0.717) is 17.8 Å². The maximum Gasteiger partial charge on any atom is 0.158 e. The van der Waals surface area contributed by atoms with E-state index in [0.717, 1.165) is 17.3 Å². The molecule has 0 aromatic carbocycles. The van der Waals surface area contributed by atoms with Crippen molar-refractivity contribution in [2.24, 2.45) is 22.0 Å². The van der Waals surface area contributed by atoms with Crippen molar-refractivity contribution in [3.63, 3.8) is 0 Å². The molecule has 1 heterocycles. The molecule has 2 rings (SSSR count). The first-order chi connectivity index (χ1) is 13.2. The summed E-state index contributed by atoms with van der Waals surface area (Å²) in [6.07, 6.45) is 5.84. The second-order valence-electron chi connectivity index (χ2n) is 7.58. The quantitative estimate of drug-likeness (QED) is 0.312. The number of aromatic nitrogens is 2. The minimum atomic E-state index is -0.135. The normalized spacial score (nSPS) is 21.2. The molecule has 1 saturated carbocycles. The summed E-state index contributed by atoms with van der Waals surface area (Å²) in [6.45, 7) is 13.9. The summed E-state index contributed by atoms with van der Waals surface area (Å²) in [4.78, 5) is 8.37. The summed E-state index contributed by atoms with van der Waals surface area (Å²) in [6, 6.07) is 0.381. The van der Waals surface area contributed by atoms with Crippen LogP contribution >= 0.6 is 12.6 Å². The first kappa shape index (κ1) is 24.5. The van der Waals surface area contributed by atoms with Crippen LogP contribution in [0.3, 0.4) is 0 Å². The van der Waals surface area contributed by atoms with Crippen molar-refractivity contribution < 1.29 is 4.74 Å². The van der Waals surface area contributed by atoms with Gasteiger partial charge >= 0.3 is 0 Å². The van der Waals surface area contributed by atoms with Crippen LogP contribution in [0.15, 0.2) is 22.6 Å². The van der Waals surface area contributed by atoms with Crippen LogP contribution in [-0.2, 0) is 4.74 Å². The third-order valence-corrected chi connectivity index (χ3v) is 4.93. The zero-order valence-electron chi connectivity index (χ0n) is 18.3. The molecule has 2 unspecified atom stereocenters. The van der Waals surface area contributed by atoms with Crippen LogP contribution < -0.4 is 5.43 Å². The number of hydrogen-bond acceptors (Lipinski definition) is 7. The molecule has 1 aromatic heterocycles. The van der Waals surface area contributed by atoms with Gasteiger partial charge in [0.15, 0.2) is 5.82 Å². The van der Waals surface area contributed by atoms with Crippen molar-refractivity contribution in [3.8, 4) is 0 Å². The van der Waals surface area contributed by atoms with Gasteiger partial charge in [-0.3, -0.25) is 5.01 Å². The first-order valence-corrected chi connectivity index (χ1v) is 10.3. The molecule has 1 aliphatic rings. The predicted octanol–water partition coefficient (Wildman–Crippen LogP) is 3.68. The van der Waals surface area contributed by atoms with Crippen molar-refractivity contribution in [1.29, 1.82) is 0 Å². The lowest BCUT2D eigenvalue weighted by molar-refractivity contribution is 0.0976. The van der Waals surface area contributed by atoms with E-state index in [-0.39, 0.29) is 11.4 Å². The van der Waals surface area contributed by atoms with Crippen LogP contribution in [0.1, 0.15) is 58.0 Å². The molecule has 158 valence electrons. The number of ether oxygens (including phenoxy) is 1. The van der Waals surface area contributed by atoms with Crippen molar-refractivity contribution in [1.82, 2.24) is 20.4 Å². The fourth-order valence-electron chi connectivity index (χ4n) is 3.22. The molecule has 1 aromatic rings. The van der Waals surface area contributed by atoms with Gasteiger partial charge in [-0.1, -0.05) is 13.8 Å². The van der Waals surface area contributed by atoms with E-state index in [9.17, 15) is 0 Å². The highest BCUT2D eigenvalue weighted by molar-refractivity contribution is 7.81. The van der Waals surface area contributed by atoms with E-state index < -0.39 is 0 Å². The molecule has 1 aliphatic carbocycles. The smallest absolute Gasteiger partial charge is 0.158 e. The van der Waals surface area contributed by atoms with Crippen LogP contribution in [0, 0.1) is 18.8 Å². The number of hydrazine groups is 1. The van der Waals surface area contributed by atoms with Gasteiger partial charge in [-0.05, 0) is 45.1 Å². The van der Waals surface area contributed by atoms with E-state index in [1.54, 1.807) is 19.5 Å². The molecule has 0 spiro atoms. The molecule has 1 N–H and O–H groups in total. The third-order valence-electron chi connectivity index (χ3n) is 4.66. The number of methoxy groups -OCH3 is 1. The molecule has 0 radical (unpaired) electrons. The maximum atomic E-state index is 5.24. The van der Waals surface area contributed by atoms with Gasteiger partial charge < -0.3 is 4.74 Å². The molecule has 8 heteroatoms. The number of rotatable bonds is 7. The zero-order valence-corrected chi connectivity index (χ0v) is 19.1. The van der Waals surface area contributed by atoms with Crippen LogP contribution in [0.25, 0.3) is 0 Å². The van der Waals surface area contributed by atoms with E-state index in [2.05, 4.69) is 70.7 Å². The number of nitrogens with one attached hydrogen (secondary N) is 1. The Labute approximate surface area is 175 Å². The van der Waals surface area contributed by atoms with E-state index >= 15 is 0 Å². The van der Waals surface area contributed by atoms with Crippen LogP contribution in [0.4, 0.5) is 0 Å². The Bertz CT molecular complexity index is 614. The standard InChI is InChI=1S/C11H22N4.C9H14N2OS/c1-8(2)15(13-5)11(14-12-4)10-6-9(3)7-10;1-6-4-10-9(11-5-6)8(12-3)7(2)13/h8-10,13H,4,6-7H2,1-3,5H3;4-5,7-8,13H,1-3H3/b14-11-;. The summed E-state index contributed by atoms with van der Waals surface area (Å²) < 4.78 is 5.24. The van der Waals surface area contributed by atoms with E-state index in [1.165, 1.54) is 12.8 Å². The summed E-state index contributed by atoms with van der Waals surface area (Å²) in [5.41, 5.74) is 4.21. The van der Waals surface area contributed by atoms with E-state index in [1.807, 2.05) is 20.9 Å². The lowest BCUT2D eigenvalue weighted by atomic mass is 9.75. The summed E-state index contributed by atoms with van der Waals surface area (Å²) in [7, 11) is 3.56. The van der Waals surface area contributed by atoms with Gasteiger partial charge in [0.05, 0.1) is 0 Å². The van der Waals surface area contributed by atoms with Crippen LogP contribution in [0.2, 0.25) is 0 Å². The Morgan fingerprint density at radius 3 is 2.25 bits per heavy atom. The number of amidine groups is 1. The number of aryl methyl sites for hydroxylation is 1. The van der Waals surface area contributed by atoms with Gasteiger partial charge in [0.2, 0.25) is 0 Å². The molecule has 0 aliphatic heterocycles. The van der Waals surface area contributed by atoms with Crippen molar-refractivity contribution >= 4 is 25.2 Å². The van der Waals surface area contributed by atoms with Gasteiger partial charge in [0, 0.05) is 50.5 Å². The Kier molecular flexibility index (Phi) is 10.6. The number of hydrogen-bond donors (Lipinski definition) is 2. The van der Waals surface area contributed by atoms with Crippen molar-refractivity contribution in [3.05, 3.63) is 23.8 Å². The SMILES string of the molecule is C=N/N=C(/C1CC(C)C1)N(NC)C(C)C.COC(c1ncc(C)cn1)C(C)S. The molecular weight excluding hydrogens is 372 g/mol. The summed E-state index contributed by atoms with van der Waals surface area (Å²) in [5.74, 6) is 3.08. The van der Waals surface area contributed by atoms with Crippen LogP contribution in [0.5, 0.6) is 0 Å². The molecule has 0 amide bonds. The Morgan fingerprint density at radius 1 is 1.32 bits per heavy atom. The van der Waals surface area contributed by atoms with Gasteiger partial charge in [-0.15, -0.1) is 5.10 Å². The first-order valence-electron chi connectivity index (χ1n) is 9.74. The van der Waals surface area contributed by atoms with Crippen molar-refractivity contribution in [2.45, 2.75) is 64.9 Å². The Hall–Kier alpha value is -1.51. The zero-order chi connectivity index (χ0) is 21.3. The highest BCUT2D eigenvalue weighted by atomic mass is 32.1. The predicted molar refractivity (Wildman–Crippen MR) is 120 cm³/mol. The fourth-order valence-corrected chi connectivity index (χ4v) is 3.47. The second kappa shape index (κ2) is 12.1. The average Bonchev–Trinajstić information content (AvgIpc) is 2.61. The van der Waals surface area contributed by atoms with E-state index in [4.69, 9.17) is 4.74 Å². The fraction of sp³-hybridized carbons (Fsp3) is 0.700. The molecular formula is C20H36N6OS. The monoisotopic (exact) mass is 408 g/mol. The number of thiol groups is 1. The third kappa shape index (κ3) is 7.14. The lowest BCUT2D eigenvalue weighted by Gasteiger charge is -2.39. The molecule has 28 heavy (non-hydrogen) atoms. The molecule has 2 atom stereocenters. The van der Waals surface area contributed by atoms with Gasteiger partial charge in [0.1, 0.15) is 11.9 Å². The lowest BCUT2D eigenvalue weighted by Crippen LogP contribution is -2.50. The highest BCUT2D eigenvalue weighted by Crippen LogP contribution is 2.35. The minimum absolute atomic E-state index is 0.0905. The topological polar surface area (TPSA) is 75.0 Å².